The number of rotatable bonds is 6. The van der Waals surface area contributed by atoms with Gasteiger partial charge in [0.2, 0.25) is 0 Å². The van der Waals surface area contributed by atoms with Crippen LogP contribution in [0.15, 0.2) is 24.3 Å². The Morgan fingerprint density at radius 2 is 2.13 bits per heavy atom. The van der Waals surface area contributed by atoms with Gasteiger partial charge in [-0.05, 0) is 50.0 Å². The number of hydrogen-bond acceptors (Lipinski definition) is 3. The molecule has 0 radical (unpaired) electrons. The van der Waals surface area contributed by atoms with Crippen molar-refractivity contribution >= 4 is 0 Å². The van der Waals surface area contributed by atoms with Crippen molar-refractivity contribution in [2.45, 2.75) is 19.3 Å². The minimum Gasteiger partial charge on any atom is -0.494 e. The molecule has 1 aromatic carbocycles. The Labute approximate surface area is 91.4 Å². The van der Waals surface area contributed by atoms with Gasteiger partial charge in [0.15, 0.2) is 0 Å². The number of ether oxygens (including phenoxy) is 1. The molecule has 4 N–H and O–H groups in total. The van der Waals surface area contributed by atoms with E-state index in [4.69, 9.17) is 16.2 Å². The van der Waals surface area contributed by atoms with Gasteiger partial charge in [0.05, 0.1) is 6.61 Å². The highest BCUT2D eigenvalue weighted by Gasteiger charge is 2.09. The molecule has 0 fully saturated rings. The van der Waals surface area contributed by atoms with Crippen LogP contribution in [0.25, 0.3) is 0 Å². The van der Waals surface area contributed by atoms with E-state index in [9.17, 15) is 0 Å². The fraction of sp³-hybridized carbons (Fsp3) is 0.500. The molecule has 0 aliphatic carbocycles. The molecule has 1 aromatic rings. The standard InChI is InChI=1S/C12H20N2O/c1-2-15-12-5-3-4-10(8-12)11(9-14)6-7-13/h3-5,8,11H,2,6-7,9,13-14H2,1H3. The predicted octanol–water partition coefficient (Wildman–Crippen LogP) is 1.48. The van der Waals surface area contributed by atoms with Crippen LogP contribution in [0.5, 0.6) is 5.75 Å². The molecule has 0 saturated heterocycles. The summed E-state index contributed by atoms with van der Waals surface area (Å²) in [6.07, 6.45) is 0.923. The fourth-order valence-electron chi connectivity index (χ4n) is 1.65. The molecule has 0 bridgehead atoms. The molecule has 0 aromatic heterocycles. The van der Waals surface area contributed by atoms with Gasteiger partial charge in [0, 0.05) is 0 Å². The Balaban J connectivity index is 2.77. The quantitative estimate of drug-likeness (QED) is 0.744. The van der Waals surface area contributed by atoms with Crippen LogP contribution in [0.1, 0.15) is 24.8 Å². The van der Waals surface area contributed by atoms with Gasteiger partial charge in [-0.3, -0.25) is 0 Å². The zero-order valence-corrected chi connectivity index (χ0v) is 9.28. The van der Waals surface area contributed by atoms with Crippen LogP contribution < -0.4 is 16.2 Å². The van der Waals surface area contributed by atoms with Crippen molar-refractivity contribution < 1.29 is 4.74 Å². The maximum Gasteiger partial charge on any atom is 0.119 e. The van der Waals surface area contributed by atoms with E-state index in [1.54, 1.807) is 0 Å². The summed E-state index contributed by atoms with van der Waals surface area (Å²) in [5.41, 5.74) is 12.5. The summed E-state index contributed by atoms with van der Waals surface area (Å²) in [6, 6.07) is 8.09. The van der Waals surface area contributed by atoms with Crippen molar-refractivity contribution in [3.63, 3.8) is 0 Å². The highest BCUT2D eigenvalue weighted by Crippen LogP contribution is 2.22. The minimum atomic E-state index is 0.343. The lowest BCUT2D eigenvalue weighted by Gasteiger charge is -2.15. The first-order valence-corrected chi connectivity index (χ1v) is 5.44. The molecule has 3 heteroatoms. The minimum absolute atomic E-state index is 0.343. The summed E-state index contributed by atoms with van der Waals surface area (Å²) in [4.78, 5) is 0. The predicted molar refractivity (Wildman–Crippen MR) is 63.1 cm³/mol. The highest BCUT2D eigenvalue weighted by atomic mass is 16.5. The third-order valence-electron chi connectivity index (χ3n) is 2.44. The Kier molecular flexibility index (Phi) is 5.15. The van der Waals surface area contributed by atoms with Crippen LogP contribution in [0, 0.1) is 0 Å². The first-order valence-electron chi connectivity index (χ1n) is 5.44. The second-order valence-electron chi connectivity index (χ2n) is 3.52. The van der Waals surface area contributed by atoms with Gasteiger partial charge in [-0.25, -0.2) is 0 Å². The number of hydrogen-bond donors (Lipinski definition) is 2. The SMILES string of the molecule is CCOc1cccc(C(CN)CCN)c1. The summed E-state index contributed by atoms with van der Waals surface area (Å²) in [6.45, 7) is 3.97. The molecule has 1 unspecified atom stereocenters. The topological polar surface area (TPSA) is 61.3 Å². The molecule has 0 aliphatic rings. The normalized spacial score (nSPS) is 12.5. The first-order chi connectivity index (χ1) is 7.31. The second kappa shape index (κ2) is 6.43. The Morgan fingerprint density at radius 1 is 1.33 bits per heavy atom. The van der Waals surface area contributed by atoms with Crippen molar-refractivity contribution in [2.75, 3.05) is 19.7 Å². The van der Waals surface area contributed by atoms with Gasteiger partial charge in [0.1, 0.15) is 5.75 Å². The summed E-state index contributed by atoms with van der Waals surface area (Å²) >= 11 is 0. The zero-order valence-electron chi connectivity index (χ0n) is 9.28. The molecule has 0 heterocycles. The van der Waals surface area contributed by atoms with Gasteiger partial charge >= 0.3 is 0 Å². The molecule has 3 nitrogen and oxygen atoms in total. The Hall–Kier alpha value is -1.06. The third-order valence-corrected chi connectivity index (χ3v) is 2.44. The van der Waals surface area contributed by atoms with E-state index in [2.05, 4.69) is 12.1 Å². The smallest absolute Gasteiger partial charge is 0.119 e. The van der Waals surface area contributed by atoms with E-state index in [0.717, 1.165) is 12.2 Å². The molecular formula is C12H20N2O. The monoisotopic (exact) mass is 208 g/mol. The molecule has 1 atom stereocenters. The lowest BCUT2D eigenvalue weighted by molar-refractivity contribution is 0.339. The third kappa shape index (κ3) is 3.53. The van der Waals surface area contributed by atoms with Crippen LogP contribution in [-0.2, 0) is 0 Å². The van der Waals surface area contributed by atoms with E-state index in [-0.39, 0.29) is 0 Å². The van der Waals surface area contributed by atoms with Crippen LogP contribution in [0.3, 0.4) is 0 Å². The fourth-order valence-corrected chi connectivity index (χ4v) is 1.65. The molecule has 0 saturated carbocycles. The molecule has 0 spiro atoms. The Bertz CT molecular complexity index is 289. The van der Waals surface area contributed by atoms with Crippen LogP contribution in [-0.4, -0.2) is 19.7 Å². The largest absolute Gasteiger partial charge is 0.494 e. The number of nitrogens with two attached hydrogens (primary N) is 2. The second-order valence-corrected chi connectivity index (χ2v) is 3.52. The van der Waals surface area contributed by atoms with Crippen molar-refractivity contribution in [3.05, 3.63) is 29.8 Å². The summed E-state index contributed by atoms with van der Waals surface area (Å²) < 4.78 is 5.45. The van der Waals surface area contributed by atoms with Crippen LogP contribution in [0.4, 0.5) is 0 Å². The average Bonchev–Trinajstić information content (AvgIpc) is 2.27. The van der Waals surface area contributed by atoms with E-state index >= 15 is 0 Å². The summed E-state index contributed by atoms with van der Waals surface area (Å²) in [5, 5.41) is 0. The molecule has 84 valence electrons. The molecule has 0 amide bonds. The van der Waals surface area contributed by atoms with Crippen LogP contribution in [0.2, 0.25) is 0 Å². The van der Waals surface area contributed by atoms with Crippen molar-refractivity contribution in [2.24, 2.45) is 11.5 Å². The molecule has 1 rings (SSSR count). The molecule has 15 heavy (non-hydrogen) atoms. The lowest BCUT2D eigenvalue weighted by atomic mass is 9.96. The van der Waals surface area contributed by atoms with E-state index in [1.165, 1.54) is 5.56 Å². The molecule has 0 aliphatic heterocycles. The van der Waals surface area contributed by atoms with Gasteiger partial charge in [-0.15, -0.1) is 0 Å². The van der Waals surface area contributed by atoms with Gasteiger partial charge in [-0.2, -0.15) is 0 Å². The van der Waals surface area contributed by atoms with E-state index in [0.29, 0.717) is 25.6 Å². The average molecular weight is 208 g/mol. The van der Waals surface area contributed by atoms with Crippen molar-refractivity contribution in [1.29, 1.82) is 0 Å². The van der Waals surface area contributed by atoms with Crippen molar-refractivity contribution in [1.82, 2.24) is 0 Å². The maximum atomic E-state index is 5.72. The summed E-state index contributed by atoms with van der Waals surface area (Å²) in [5.74, 6) is 1.25. The number of benzene rings is 1. The van der Waals surface area contributed by atoms with Gasteiger partial charge < -0.3 is 16.2 Å². The lowest BCUT2D eigenvalue weighted by Crippen LogP contribution is -2.16. The first kappa shape index (κ1) is 12.0. The highest BCUT2D eigenvalue weighted by molar-refractivity contribution is 5.31. The van der Waals surface area contributed by atoms with Crippen molar-refractivity contribution in [3.8, 4) is 5.75 Å². The van der Waals surface area contributed by atoms with E-state index < -0.39 is 0 Å². The maximum absolute atomic E-state index is 5.72. The van der Waals surface area contributed by atoms with E-state index in [1.807, 2.05) is 19.1 Å². The molecular weight excluding hydrogens is 188 g/mol. The Morgan fingerprint density at radius 3 is 2.73 bits per heavy atom. The summed E-state index contributed by atoms with van der Waals surface area (Å²) in [7, 11) is 0. The van der Waals surface area contributed by atoms with Crippen LogP contribution >= 0.6 is 0 Å². The zero-order chi connectivity index (χ0) is 11.1. The van der Waals surface area contributed by atoms with Gasteiger partial charge in [0.25, 0.3) is 0 Å². The van der Waals surface area contributed by atoms with Gasteiger partial charge in [-0.1, -0.05) is 12.1 Å².